The van der Waals surface area contributed by atoms with Crippen LogP contribution >= 0.6 is 0 Å². The molecule has 0 aliphatic carbocycles. The van der Waals surface area contributed by atoms with Crippen LogP contribution in [0.15, 0.2) is 18.2 Å². The van der Waals surface area contributed by atoms with Crippen molar-refractivity contribution < 1.29 is 0 Å². The first-order valence-corrected chi connectivity index (χ1v) is 6.65. The number of hydrogen-bond acceptors (Lipinski definition) is 2. The number of aryl methyl sites for hydroxylation is 2. The third-order valence-corrected chi connectivity index (χ3v) is 3.51. The second-order valence-electron chi connectivity index (χ2n) is 5.49. The van der Waals surface area contributed by atoms with Crippen LogP contribution < -0.4 is 10.2 Å². The summed E-state index contributed by atoms with van der Waals surface area (Å²) in [6.07, 6.45) is 1.26. The van der Waals surface area contributed by atoms with Crippen molar-refractivity contribution in [3.8, 4) is 0 Å². The number of para-hydroxylation sites is 1. The van der Waals surface area contributed by atoms with Crippen LogP contribution in [0.3, 0.4) is 0 Å². The number of anilines is 1. The quantitative estimate of drug-likeness (QED) is 0.862. The molecule has 0 saturated carbocycles. The van der Waals surface area contributed by atoms with Crippen molar-refractivity contribution in [1.82, 2.24) is 5.32 Å². The third-order valence-electron chi connectivity index (χ3n) is 3.51. The molecule has 0 amide bonds. The Morgan fingerprint density at radius 3 is 2.47 bits per heavy atom. The summed E-state index contributed by atoms with van der Waals surface area (Å²) in [7, 11) is 0. The van der Waals surface area contributed by atoms with Crippen molar-refractivity contribution in [1.29, 1.82) is 0 Å². The SMILES string of the molecule is Cc1cccc(C)c1N1CCC(NC(C)C)C1. The maximum atomic E-state index is 3.64. The molecular weight excluding hydrogens is 208 g/mol. The lowest BCUT2D eigenvalue weighted by Crippen LogP contribution is -2.37. The summed E-state index contributed by atoms with van der Waals surface area (Å²) in [6, 6.07) is 7.80. The van der Waals surface area contributed by atoms with Crippen LogP contribution in [0.5, 0.6) is 0 Å². The lowest BCUT2D eigenvalue weighted by Gasteiger charge is -2.24. The Hall–Kier alpha value is -1.02. The molecule has 1 aromatic carbocycles. The summed E-state index contributed by atoms with van der Waals surface area (Å²) < 4.78 is 0. The first kappa shape index (κ1) is 12.4. The number of rotatable bonds is 3. The molecule has 1 aliphatic rings. The van der Waals surface area contributed by atoms with Crippen molar-refractivity contribution >= 4 is 5.69 Å². The monoisotopic (exact) mass is 232 g/mol. The molecule has 1 unspecified atom stereocenters. The fourth-order valence-electron chi connectivity index (χ4n) is 2.88. The van der Waals surface area contributed by atoms with E-state index in [0.717, 1.165) is 6.54 Å². The van der Waals surface area contributed by atoms with E-state index in [4.69, 9.17) is 0 Å². The van der Waals surface area contributed by atoms with E-state index in [0.29, 0.717) is 12.1 Å². The van der Waals surface area contributed by atoms with Gasteiger partial charge < -0.3 is 10.2 Å². The van der Waals surface area contributed by atoms with E-state index in [9.17, 15) is 0 Å². The molecule has 0 aromatic heterocycles. The molecule has 1 saturated heterocycles. The van der Waals surface area contributed by atoms with Gasteiger partial charge in [-0.15, -0.1) is 0 Å². The molecule has 1 N–H and O–H groups in total. The number of benzene rings is 1. The summed E-state index contributed by atoms with van der Waals surface area (Å²) in [4.78, 5) is 2.53. The highest BCUT2D eigenvalue weighted by Crippen LogP contribution is 2.27. The molecule has 2 nitrogen and oxygen atoms in total. The Balaban J connectivity index is 2.10. The molecule has 2 rings (SSSR count). The predicted octanol–water partition coefficient (Wildman–Crippen LogP) is 2.88. The van der Waals surface area contributed by atoms with Gasteiger partial charge in [-0.05, 0) is 31.4 Å². The maximum absolute atomic E-state index is 3.64. The molecule has 1 aromatic rings. The Bertz CT molecular complexity index is 364. The van der Waals surface area contributed by atoms with Gasteiger partial charge in [0.15, 0.2) is 0 Å². The van der Waals surface area contributed by atoms with Crippen LogP contribution in [-0.2, 0) is 0 Å². The highest BCUT2D eigenvalue weighted by molar-refractivity contribution is 5.59. The second-order valence-corrected chi connectivity index (χ2v) is 5.49. The van der Waals surface area contributed by atoms with E-state index in [2.05, 4.69) is 56.1 Å². The first-order valence-electron chi connectivity index (χ1n) is 6.65. The fraction of sp³-hybridized carbons (Fsp3) is 0.600. The van der Waals surface area contributed by atoms with Gasteiger partial charge in [0, 0.05) is 30.9 Å². The number of nitrogens with zero attached hydrogens (tertiary/aromatic N) is 1. The highest BCUT2D eigenvalue weighted by Gasteiger charge is 2.24. The molecule has 2 heteroatoms. The van der Waals surface area contributed by atoms with Crippen molar-refractivity contribution in [2.24, 2.45) is 0 Å². The van der Waals surface area contributed by atoms with Crippen LogP contribution in [0.4, 0.5) is 5.69 Å². The zero-order valence-corrected chi connectivity index (χ0v) is 11.5. The van der Waals surface area contributed by atoms with Gasteiger partial charge in [-0.1, -0.05) is 32.0 Å². The summed E-state index contributed by atoms with van der Waals surface area (Å²) in [6.45, 7) is 11.2. The van der Waals surface area contributed by atoms with Gasteiger partial charge in [0.1, 0.15) is 0 Å². The maximum Gasteiger partial charge on any atom is 0.0426 e. The van der Waals surface area contributed by atoms with Gasteiger partial charge in [-0.2, -0.15) is 0 Å². The Kier molecular flexibility index (Phi) is 3.72. The van der Waals surface area contributed by atoms with Crippen molar-refractivity contribution in [3.63, 3.8) is 0 Å². The number of hydrogen-bond donors (Lipinski definition) is 1. The Labute approximate surface area is 105 Å². The molecule has 0 radical (unpaired) electrons. The molecular formula is C15H24N2. The Morgan fingerprint density at radius 2 is 1.88 bits per heavy atom. The van der Waals surface area contributed by atoms with Crippen molar-refractivity contribution in [2.45, 2.75) is 46.2 Å². The van der Waals surface area contributed by atoms with E-state index in [-0.39, 0.29) is 0 Å². The topological polar surface area (TPSA) is 15.3 Å². The smallest absolute Gasteiger partial charge is 0.0426 e. The van der Waals surface area contributed by atoms with E-state index in [1.54, 1.807) is 0 Å². The van der Waals surface area contributed by atoms with Crippen LogP contribution in [0.1, 0.15) is 31.4 Å². The average molecular weight is 232 g/mol. The van der Waals surface area contributed by atoms with Gasteiger partial charge in [0.25, 0.3) is 0 Å². The largest absolute Gasteiger partial charge is 0.369 e. The third kappa shape index (κ3) is 2.81. The van der Waals surface area contributed by atoms with E-state index in [1.165, 1.54) is 29.8 Å². The normalized spacial score (nSPS) is 20.3. The lowest BCUT2D eigenvalue weighted by molar-refractivity contribution is 0.492. The van der Waals surface area contributed by atoms with Crippen LogP contribution in [0.25, 0.3) is 0 Å². The standard InChI is InChI=1S/C15H24N2/c1-11(2)16-14-8-9-17(10-14)15-12(3)6-5-7-13(15)4/h5-7,11,14,16H,8-10H2,1-4H3. The average Bonchev–Trinajstić information content (AvgIpc) is 2.65. The van der Waals surface area contributed by atoms with Gasteiger partial charge in [-0.25, -0.2) is 0 Å². The molecule has 1 aliphatic heterocycles. The molecule has 1 atom stereocenters. The summed E-state index contributed by atoms with van der Waals surface area (Å²) in [5.74, 6) is 0. The summed E-state index contributed by atoms with van der Waals surface area (Å²) in [5.41, 5.74) is 4.24. The van der Waals surface area contributed by atoms with Gasteiger partial charge in [-0.3, -0.25) is 0 Å². The summed E-state index contributed by atoms with van der Waals surface area (Å²) >= 11 is 0. The fourth-order valence-corrected chi connectivity index (χ4v) is 2.88. The van der Waals surface area contributed by atoms with Crippen LogP contribution in [0, 0.1) is 13.8 Å². The molecule has 94 valence electrons. The van der Waals surface area contributed by atoms with E-state index < -0.39 is 0 Å². The highest BCUT2D eigenvalue weighted by atomic mass is 15.2. The molecule has 17 heavy (non-hydrogen) atoms. The number of nitrogens with one attached hydrogen (secondary N) is 1. The van der Waals surface area contributed by atoms with E-state index in [1.807, 2.05) is 0 Å². The van der Waals surface area contributed by atoms with Crippen LogP contribution in [-0.4, -0.2) is 25.2 Å². The van der Waals surface area contributed by atoms with Gasteiger partial charge in [0.05, 0.1) is 0 Å². The van der Waals surface area contributed by atoms with Crippen molar-refractivity contribution in [3.05, 3.63) is 29.3 Å². The molecule has 1 heterocycles. The van der Waals surface area contributed by atoms with Gasteiger partial charge >= 0.3 is 0 Å². The molecule has 1 fully saturated rings. The van der Waals surface area contributed by atoms with Crippen molar-refractivity contribution in [2.75, 3.05) is 18.0 Å². The molecule has 0 bridgehead atoms. The summed E-state index contributed by atoms with van der Waals surface area (Å²) in [5, 5.41) is 3.64. The molecule has 0 spiro atoms. The minimum Gasteiger partial charge on any atom is -0.369 e. The predicted molar refractivity (Wildman–Crippen MR) is 74.8 cm³/mol. The zero-order valence-electron chi connectivity index (χ0n) is 11.5. The van der Waals surface area contributed by atoms with Crippen LogP contribution in [0.2, 0.25) is 0 Å². The van der Waals surface area contributed by atoms with E-state index >= 15 is 0 Å². The zero-order chi connectivity index (χ0) is 12.4. The lowest BCUT2D eigenvalue weighted by atomic mass is 10.1. The Morgan fingerprint density at radius 1 is 1.24 bits per heavy atom. The minimum absolute atomic E-state index is 0.581. The second kappa shape index (κ2) is 5.09. The first-order chi connectivity index (χ1) is 8.08. The minimum atomic E-state index is 0.581. The van der Waals surface area contributed by atoms with Gasteiger partial charge in [0.2, 0.25) is 0 Å².